The summed E-state index contributed by atoms with van der Waals surface area (Å²) in [5.74, 6) is -0.675. The molecule has 1 aromatic rings. The molecule has 5 N–H and O–H groups in total. The molecule has 20 heavy (non-hydrogen) atoms. The predicted octanol–water partition coefficient (Wildman–Crippen LogP) is -0.433. The minimum atomic E-state index is -0.539. The molecule has 0 saturated carbocycles. The standard InChI is InChI=1S/C13H20N4O3/c1-17(8-12(18)16-5-6-20-2)11-4-3-9(13(15)19)7-10(11)14/h3-4,7H,5-6,8,14H2,1-2H3,(H2,15,19)(H,16,18). The van der Waals surface area contributed by atoms with Gasteiger partial charge in [0.05, 0.1) is 24.5 Å². The van der Waals surface area contributed by atoms with Crippen LogP contribution in [0, 0.1) is 0 Å². The lowest BCUT2D eigenvalue weighted by atomic mass is 10.1. The minimum absolute atomic E-state index is 0.136. The number of anilines is 2. The Morgan fingerprint density at radius 2 is 2.10 bits per heavy atom. The summed E-state index contributed by atoms with van der Waals surface area (Å²) in [7, 11) is 3.31. The van der Waals surface area contributed by atoms with Crippen LogP contribution in [0.2, 0.25) is 0 Å². The van der Waals surface area contributed by atoms with Crippen LogP contribution in [0.1, 0.15) is 10.4 Å². The monoisotopic (exact) mass is 280 g/mol. The average Bonchev–Trinajstić information content (AvgIpc) is 2.38. The van der Waals surface area contributed by atoms with Crippen molar-refractivity contribution in [3.8, 4) is 0 Å². The van der Waals surface area contributed by atoms with Gasteiger partial charge < -0.3 is 26.4 Å². The second-order valence-electron chi connectivity index (χ2n) is 4.34. The van der Waals surface area contributed by atoms with Crippen molar-refractivity contribution in [3.63, 3.8) is 0 Å². The number of hydrogen-bond donors (Lipinski definition) is 3. The number of primary amides is 1. The zero-order valence-electron chi connectivity index (χ0n) is 11.7. The smallest absolute Gasteiger partial charge is 0.248 e. The number of nitrogen functional groups attached to an aromatic ring is 1. The Balaban J connectivity index is 2.65. The number of amides is 2. The molecule has 0 heterocycles. The number of nitrogens with two attached hydrogens (primary N) is 2. The third kappa shape index (κ3) is 4.43. The van der Waals surface area contributed by atoms with Crippen LogP contribution in [0.5, 0.6) is 0 Å². The number of hydrogen-bond acceptors (Lipinski definition) is 5. The van der Waals surface area contributed by atoms with Crippen molar-refractivity contribution in [2.24, 2.45) is 5.73 Å². The topological polar surface area (TPSA) is 111 Å². The number of nitrogens with zero attached hydrogens (tertiary/aromatic N) is 1. The van der Waals surface area contributed by atoms with Gasteiger partial charge in [-0.3, -0.25) is 9.59 Å². The molecule has 7 nitrogen and oxygen atoms in total. The van der Waals surface area contributed by atoms with E-state index in [0.29, 0.717) is 30.1 Å². The zero-order valence-corrected chi connectivity index (χ0v) is 11.7. The van der Waals surface area contributed by atoms with Crippen molar-refractivity contribution in [1.82, 2.24) is 5.32 Å². The van der Waals surface area contributed by atoms with Gasteiger partial charge in [0, 0.05) is 26.3 Å². The lowest BCUT2D eigenvalue weighted by Crippen LogP contribution is -2.36. The predicted molar refractivity (Wildman–Crippen MR) is 77.5 cm³/mol. The lowest BCUT2D eigenvalue weighted by molar-refractivity contribution is -0.119. The Labute approximate surface area is 117 Å². The normalized spacial score (nSPS) is 10.1. The van der Waals surface area contributed by atoms with E-state index in [9.17, 15) is 9.59 Å². The highest BCUT2D eigenvalue weighted by Crippen LogP contribution is 2.22. The lowest BCUT2D eigenvalue weighted by Gasteiger charge is -2.20. The summed E-state index contributed by atoms with van der Waals surface area (Å²) in [6.07, 6.45) is 0. The van der Waals surface area contributed by atoms with Gasteiger partial charge in [0.1, 0.15) is 0 Å². The fourth-order valence-corrected chi connectivity index (χ4v) is 1.70. The fraction of sp³-hybridized carbons (Fsp3) is 0.385. The van der Waals surface area contributed by atoms with Gasteiger partial charge in [0.2, 0.25) is 11.8 Å². The SMILES string of the molecule is COCCNC(=O)CN(C)c1ccc(C(N)=O)cc1N. The third-order valence-electron chi connectivity index (χ3n) is 2.73. The second-order valence-corrected chi connectivity index (χ2v) is 4.34. The van der Waals surface area contributed by atoms with Crippen molar-refractivity contribution in [1.29, 1.82) is 0 Å². The number of likely N-dealkylation sites (N-methyl/N-ethyl adjacent to an activating group) is 1. The summed E-state index contributed by atoms with van der Waals surface area (Å²) in [5.41, 5.74) is 12.4. The summed E-state index contributed by atoms with van der Waals surface area (Å²) in [5, 5.41) is 2.71. The molecule has 110 valence electrons. The fourth-order valence-electron chi connectivity index (χ4n) is 1.70. The molecule has 0 radical (unpaired) electrons. The van der Waals surface area contributed by atoms with Crippen LogP contribution in [-0.2, 0) is 9.53 Å². The molecule has 0 aliphatic carbocycles. The molecule has 1 rings (SSSR count). The molecule has 0 aliphatic heterocycles. The molecule has 0 saturated heterocycles. The van der Waals surface area contributed by atoms with Gasteiger partial charge in [-0.1, -0.05) is 0 Å². The first-order chi connectivity index (χ1) is 9.45. The van der Waals surface area contributed by atoms with Gasteiger partial charge in [0.15, 0.2) is 0 Å². The largest absolute Gasteiger partial charge is 0.397 e. The second kappa shape index (κ2) is 7.34. The molecule has 0 unspecified atom stereocenters. The van der Waals surface area contributed by atoms with Crippen LogP contribution in [0.4, 0.5) is 11.4 Å². The Morgan fingerprint density at radius 3 is 2.65 bits per heavy atom. The van der Waals surface area contributed by atoms with Crippen LogP contribution in [-0.4, -0.2) is 45.7 Å². The number of rotatable bonds is 7. The number of carbonyl (C=O) groups is 2. The summed E-state index contributed by atoms with van der Waals surface area (Å²) in [6.45, 7) is 1.08. The quantitative estimate of drug-likeness (QED) is 0.463. The maximum absolute atomic E-state index is 11.7. The summed E-state index contributed by atoms with van der Waals surface area (Å²) < 4.78 is 4.84. The van der Waals surface area contributed by atoms with Gasteiger partial charge in [-0.15, -0.1) is 0 Å². The highest BCUT2D eigenvalue weighted by molar-refractivity contribution is 5.95. The third-order valence-corrected chi connectivity index (χ3v) is 2.73. The van der Waals surface area contributed by atoms with Crippen molar-refractivity contribution in [3.05, 3.63) is 23.8 Å². The maximum Gasteiger partial charge on any atom is 0.248 e. The van der Waals surface area contributed by atoms with Crippen LogP contribution in [0.25, 0.3) is 0 Å². The molecule has 0 fully saturated rings. The number of ether oxygens (including phenoxy) is 1. The van der Waals surface area contributed by atoms with Gasteiger partial charge in [-0.05, 0) is 18.2 Å². The van der Waals surface area contributed by atoms with E-state index in [1.165, 1.54) is 6.07 Å². The van der Waals surface area contributed by atoms with E-state index in [4.69, 9.17) is 16.2 Å². The number of nitrogens with one attached hydrogen (secondary N) is 1. The van der Waals surface area contributed by atoms with Gasteiger partial charge in [-0.25, -0.2) is 0 Å². The first-order valence-electron chi connectivity index (χ1n) is 6.11. The molecular weight excluding hydrogens is 260 g/mol. The highest BCUT2D eigenvalue weighted by Gasteiger charge is 2.11. The van der Waals surface area contributed by atoms with Crippen molar-refractivity contribution < 1.29 is 14.3 Å². The van der Waals surface area contributed by atoms with Crippen molar-refractivity contribution in [2.75, 3.05) is 44.5 Å². The van der Waals surface area contributed by atoms with E-state index in [2.05, 4.69) is 5.32 Å². The van der Waals surface area contributed by atoms with Crippen LogP contribution in [0.15, 0.2) is 18.2 Å². The summed E-state index contributed by atoms with van der Waals surface area (Å²) in [4.78, 5) is 24.4. The molecule has 1 aromatic carbocycles. The van der Waals surface area contributed by atoms with Gasteiger partial charge in [-0.2, -0.15) is 0 Å². The number of methoxy groups -OCH3 is 1. The molecular formula is C13H20N4O3. The summed E-state index contributed by atoms with van der Waals surface area (Å²) >= 11 is 0. The van der Waals surface area contributed by atoms with Gasteiger partial charge in [0.25, 0.3) is 0 Å². The van der Waals surface area contributed by atoms with Crippen LogP contribution in [0.3, 0.4) is 0 Å². The summed E-state index contributed by atoms with van der Waals surface area (Å²) in [6, 6.07) is 4.74. The van der Waals surface area contributed by atoms with E-state index in [0.717, 1.165) is 0 Å². The first-order valence-corrected chi connectivity index (χ1v) is 6.11. The Kier molecular flexibility index (Phi) is 5.79. The van der Waals surface area contributed by atoms with E-state index >= 15 is 0 Å². The van der Waals surface area contributed by atoms with E-state index < -0.39 is 5.91 Å². The van der Waals surface area contributed by atoms with E-state index in [1.807, 2.05) is 0 Å². The average molecular weight is 280 g/mol. The van der Waals surface area contributed by atoms with E-state index in [-0.39, 0.29) is 12.5 Å². The first kappa shape index (κ1) is 15.8. The van der Waals surface area contributed by atoms with Gasteiger partial charge >= 0.3 is 0 Å². The molecule has 0 aliphatic rings. The maximum atomic E-state index is 11.7. The Bertz CT molecular complexity index is 491. The minimum Gasteiger partial charge on any atom is -0.397 e. The zero-order chi connectivity index (χ0) is 15.1. The molecule has 0 aromatic heterocycles. The number of carbonyl (C=O) groups excluding carboxylic acids is 2. The number of benzene rings is 1. The molecule has 7 heteroatoms. The molecule has 2 amide bonds. The highest BCUT2D eigenvalue weighted by atomic mass is 16.5. The van der Waals surface area contributed by atoms with Crippen molar-refractivity contribution in [2.45, 2.75) is 0 Å². The van der Waals surface area contributed by atoms with Crippen molar-refractivity contribution >= 4 is 23.2 Å². The Hall–Kier alpha value is -2.28. The van der Waals surface area contributed by atoms with Crippen LogP contribution >= 0.6 is 0 Å². The van der Waals surface area contributed by atoms with E-state index in [1.54, 1.807) is 31.2 Å². The molecule has 0 atom stereocenters. The Morgan fingerprint density at radius 1 is 1.40 bits per heavy atom. The molecule has 0 bridgehead atoms. The molecule has 0 spiro atoms. The van der Waals surface area contributed by atoms with Crippen LogP contribution < -0.4 is 21.7 Å².